The van der Waals surface area contributed by atoms with Crippen molar-refractivity contribution >= 4 is 17.5 Å². The van der Waals surface area contributed by atoms with Gasteiger partial charge in [-0.05, 0) is 12.8 Å². The Balaban J connectivity index is 1.72. The SMILES string of the molecule is O=C1NCCCC1C(=O)NCc1nnc2c(=O)[nH]ccn12. The first-order chi connectivity index (χ1) is 10.2. The quantitative estimate of drug-likeness (QED) is 0.598. The van der Waals surface area contributed by atoms with Gasteiger partial charge in [0.15, 0.2) is 5.82 Å². The number of piperidine rings is 1. The average molecular weight is 290 g/mol. The molecule has 0 aliphatic carbocycles. The molecule has 2 aromatic heterocycles. The van der Waals surface area contributed by atoms with Gasteiger partial charge in [-0.15, -0.1) is 10.2 Å². The van der Waals surface area contributed by atoms with Crippen LogP contribution in [0.15, 0.2) is 17.2 Å². The van der Waals surface area contributed by atoms with Crippen molar-refractivity contribution in [3.8, 4) is 0 Å². The van der Waals surface area contributed by atoms with Crippen LogP contribution < -0.4 is 16.2 Å². The Labute approximate surface area is 118 Å². The molecule has 1 atom stereocenters. The number of hydrogen-bond acceptors (Lipinski definition) is 5. The summed E-state index contributed by atoms with van der Waals surface area (Å²) in [5.41, 5.74) is -0.189. The van der Waals surface area contributed by atoms with E-state index in [2.05, 4.69) is 25.8 Å². The highest BCUT2D eigenvalue weighted by atomic mass is 16.2. The molecule has 2 aromatic rings. The molecule has 1 fully saturated rings. The predicted molar refractivity (Wildman–Crippen MR) is 71.2 cm³/mol. The average Bonchev–Trinajstić information content (AvgIpc) is 2.90. The summed E-state index contributed by atoms with van der Waals surface area (Å²) in [5, 5.41) is 13.0. The number of aromatic nitrogens is 4. The van der Waals surface area contributed by atoms with Crippen LogP contribution in [-0.4, -0.2) is 37.9 Å². The summed E-state index contributed by atoms with van der Waals surface area (Å²) in [6.45, 7) is 0.716. The Kier molecular flexibility index (Phi) is 3.38. The van der Waals surface area contributed by atoms with Gasteiger partial charge in [-0.3, -0.25) is 18.8 Å². The van der Waals surface area contributed by atoms with E-state index in [-0.39, 0.29) is 29.6 Å². The van der Waals surface area contributed by atoms with E-state index in [0.29, 0.717) is 18.8 Å². The van der Waals surface area contributed by atoms with Crippen LogP contribution in [-0.2, 0) is 16.1 Å². The summed E-state index contributed by atoms with van der Waals surface area (Å²) in [5.74, 6) is -0.822. The molecule has 9 nitrogen and oxygen atoms in total. The smallest absolute Gasteiger partial charge is 0.293 e. The van der Waals surface area contributed by atoms with E-state index in [9.17, 15) is 14.4 Å². The van der Waals surface area contributed by atoms with E-state index >= 15 is 0 Å². The molecule has 3 N–H and O–H groups in total. The van der Waals surface area contributed by atoms with Crippen LogP contribution in [0.3, 0.4) is 0 Å². The number of aromatic amines is 1. The summed E-state index contributed by atoms with van der Waals surface area (Å²) in [6, 6.07) is 0. The lowest BCUT2D eigenvalue weighted by molar-refractivity contribution is -0.136. The maximum absolute atomic E-state index is 12.0. The Morgan fingerprint density at radius 2 is 2.29 bits per heavy atom. The highest BCUT2D eigenvalue weighted by Crippen LogP contribution is 2.11. The van der Waals surface area contributed by atoms with Gasteiger partial charge in [0.25, 0.3) is 5.56 Å². The highest BCUT2D eigenvalue weighted by Gasteiger charge is 2.28. The first-order valence-corrected chi connectivity index (χ1v) is 6.63. The lowest BCUT2D eigenvalue weighted by Crippen LogP contribution is -2.44. The van der Waals surface area contributed by atoms with Crippen LogP contribution in [0.2, 0.25) is 0 Å². The second-order valence-electron chi connectivity index (χ2n) is 4.80. The monoisotopic (exact) mass is 290 g/mol. The lowest BCUT2D eigenvalue weighted by atomic mass is 9.98. The normalized spacial score (nSPS) is 18.5. The van der Waals surface area contributed by atoms with E-state index in [1.165, 1.54) is 10.6 Å². The van der Waals surface area contributed by atoms with Crippen molar-refractivity contribution in [2.45, 2.75) is 19.4 Å². The lowest BCUT2D eigenvalue weighted by Gasteiger charge is -2.20. The van der Waals surface area contributed by atoms with Crippen LogP contribution in [0.5, 0.6) is 0 Å². The first kappa shape index (κ1) is 13.3. The molecular formula is C12H14N6O3. The predicted octanol–water partition coefficient (Wildman–Crippen LogP) is -1.44. The second-order valence-corrected chi connectivity index (χ2v) is 4.80. The number of amides is 2. The maximum Gasteiger partial charge on any atom is 0.293 e. The van der Waals surface area contributed by atoms with E-state index in [1.807, 2.05) is 0 Å². The van der Waals surface area contributed by atoms with Crippen molar-refractivity contribution in [2.24, 2.45) is 5.92 Å². The maximum atomic E-state index is 12.0. The minimum atomic E-state index is -0.665. The van der Waals surface area contributed by atoms with Crippen molar-refractivity contribution in [1.29, 1.82) is 0 Å². The van der Waals surface area contributed by atoms with E-state index in [1.54, 1.807) is 6.20 Å². The fraction of sp³-hybridized carbons (Fsp3) is 0.417. The minimum absolute atomic E-state index is 0.104. The third-order valence-electron chi connectivity index (χ3n) is 3.43. The van der Waals surface area contributed by atoms with Crippen LogP contribution >= 0.6 is 0 Å². The summed E-state index contributed by atoms with van der Waals surface area (Å²) in [7, 11) is 0. The Bertz CT molecular complexity index is 749. The molecule has 3 rings (SSSR count). The number of fused-ring (bicyclic) bond motifs is 1. The number of carbonyl (C=O) groups is 2. The molecule has 110 valence electrons. The van der Waals surface area contributed by atoms with Gasteiger partial charge in [-0.2, -0.15) is 0 Å². The Hall–Kier alpha value is -2.71. The summed E-state index contributed by atoms with van der Waals surface area (Å²) in [6.07, 6.45) is 4.40. The largest absolute Gasteiger partial charge is 0.355 e. The fourth-order valence-corrected chi connectivity index (χ4v) is 2.32. The van der Waals surface area contributed by atoms with Crippen LogP contribution in [0.1, 0.15) is 18.7 Å². The third kappa shape index (κ3) is 2.49. The molecule has 1 saturated heterocycles. The molecule has 0 saturated carbocycles. The summed E-state index contributed by atoms with van der Waals surface area (Å²) >= 11 is 0. The number of nitrogens with zero attached hydrogens (tertiary/aromatic N) is 3. The molecule has 0 radical (unpaired) electrons. The van der Waals surface area contributed by atoms with Crippen LogP contribution in [0.4, 0.5) is 0 Å². The van der Waals surface area contributed by atoms with Crippen molar-refractivity contribution in [1.82, 2.24) is 30.2 Å². The number of carbonyl (C=O) groups excluding carboxylic acids is 2. The fourth-order valence-electron chi connectivity index (χ4n) is 2.32. The summed E-state index contributed by atoms with van der Waals surface area (Å²) in [4.78, 5) is 37.6. The molecule has 1 aliphatic rings. The Morgan fingerprint density at radius 3 is 3.10 bits per heavy atom. The van der Waals surface area contributed by atoms with E-state index in [0.717, 1.165) is 6.42 Å². The standard InChI is InChI=1S/C12H14N6O3/c19-10-7(2-1-3-13-10)11(20)15-6-8-16-17-9-12(21)14-4-5-18(8)9/h4-5,7H,1-3,6H2,(H,13,19)(H,14,21)(H,15,20). The van der Waals surface area contributed by atoms with Gasteiger partial charge in [0.1, 0.15) is 5.92 Å². The Morgan fingerprint density at radius 1 is 1.43 bits per heavy atom. The number of rotatable bonds is 3. The van der Waals surface area contributed by atoms with E-state index < -0.39 is 5.92 Å². The van der Waals surface area contributed by atoms with Crippen molar-refractivity contribution in [3.05, 3.63) is 28.6 Å². The third-order valence-corrected chi connectivity index (χ3v) is 3.43. The van der Waals surface area contributed by atoms with Gasteiger partial charge < -0.3 is 15.6 Å². The zero-order valence-electron chi connectivity index (χ0n) is 11.1. The molecule has 0 bridgehead atoms. The van der Waals surface area contributed by atoms with Crippen LogP contribution in [0, 0.1) is 5.92 Å². The molecule has 9 heteroatoms. The van der Waals surface area contributed by atoms with E-state index in [4.69, 9.17) is 0 Å². The van der Waals surface area contributed by atoms with Gasteiger partial charge in [0, 0.05) is 18.9 Å². The van der Waals surface area contributed by atoms with Gasteiger partial charge in [-0.25, -0.2) is 0 Å². The molecule has 0 spiro atoms. The van der Waals surface area contributed by atoms with Crippen molar-refractivity contribution < 1.29 is 9.59 Å². The van der Waals surface area contributed by atoms with Crippen LogP contribution in [0.25, 0.3) is 5.65 Å². The minimum Gasteiger partial charge on any atom is -0.355 e. The number of nitrogens with one attached hydrogen (secondary N) is 3. The highest BCUT2D eigenvalue weighted by molar-refractivity contribution is 6.00. The van der Waals surface area contributed by atoms with Gasteiger partial charge >= 0.3 is 0 Å². The topological polar surface area (TPSA) is 121 Å². The number of H-pyrrole nitrogens is 1. The zero-order valence-corrected chi connectivity index (χ0v) is 11.1. The molecule has 3 heterocycles. The second kappa shape index (κ2) is 5.35. The molecule has 2 amide bonds. The van der Waals surface area contributed by atoms with Crippen molar-refractivity contribution in [3.63, 3.8) is 0 Å². The molecule has 1 unspecified atom stereocenters. The molecule has 0 aromatic carbocycles. The molecular weight excluding hydrogens is 276 g/mol. The molecule has 1 aliphatic heterocycles. The van der Waals surface area contributed by atoms with Gasteiger partial charge in [-0.1, -0.05) is 0 Å². The molecule has 21 heavy (non-hydrogen) atoms. The summed E-state index contributed by atoms with van der Waals surface area (Å²) < 4.78 is 1.50. The van der Waals surface area contributed by atoms with Gasteiger partial charge in [0.05, 0.1) is 6.54 Å². The zero-order chi connectivity index (χ0) is 14.8. The van der Waals surface area contributed by atoms with Gasteiger partial charge in [0.2, 0.25) is 17.5 Å². The number of hydrogen-bond donors (Lipinski definition) is 3. The van der Waals surface area contributed by atoms with Crippen molar-refractivity contribution in [2.75, 3.05) is 6.54 Å². The first-order valence-electron chi connectivity index (χ1n) is 6.63.